The second-order valence-corrected chi connectivity index (χ2v) is 6.98. The number of hydrogen-bond acceptors (Lipinski definition) is 5. The summed E-state index contributed by atoms with van der Waals surface area (Å²) in [6.07, 6.45) is 1.55. The van der Waals surface area contributed by atoms with E-state index in [2.05, 4.69) is 15.3 Å². The molecule has 2 heterocycles. The highest BCUT2D eigenvalue weighted by Crippen LogP contribution is 2.36. The van der Waals surface area contributed by atoms with Crippen molar-refractivity contribution < 1.29 is 9.18 Å². The molecule has 0 radical (unpaired) electrons. The fourth-order valence-corrected chi connectivity index (χ4v) is 4.12. The molecule has 0 unspecified atom stereocenters. The van der Waals surface area contributed by atoms with Gasteiger partial charge in [0.05, 0.1) is 10.2 Å². The van der Waals surface area contributed by atoms with Gasteiger partial charge in [0, 0.05) is 24.1 Å². The lowest BCUT2D eigenvalue weighted by molar-refractivity contribution is -0.118. The standard InChI is InChI=1S/C16H14FN3OS2/c1-10(21)18-6-7-22-16-15-13(19-9-20-16)8-14(23-15)11-2-4-12(17)5-3-11/h2-5,8-9H,6-7H2,1H3,(H,18,21). The van der Waals surface area contributed by atoms with Crippen LogP contribution in [0.4, 0.5) is 4.39 Å². The Kier molecular flexibility index (Phi) is 4.88. The lowest BCUT2D eigenvalue weighted by Crippen LogP contribution is -2.22. The first-order valence-corrected chi connectivity index (χ1v) is 8.81. The number of amides is 1. The van der Waals surface area contributed by atoms with E-state index < -0.39 is 0 Å². The van der Waals surface area contributed by atoms with Crippen LogP contribution in [0.3, 0.4) is 0 Å². The van der Waals surface area contributed by atoms with Crippen LogP contribution in [0.2, 0.25) is 0 Å². The summed E-state index contributed by atoms with van der Waals surface area (Å²) < 4.78 is 14.1. The highest BCUT2D eigenvalue weighted by molar-refractivity contribution is 7.99. The van der Waals surface area contributed by atoms with Gasteiger partial charge in [-0.2, -0.15) is 0 Å². The molecule has 3 rings (SSSR count). The molecule has 0 spiro atoms. The number of nitrogens with one attached hydrogen (secondary N) is 1. The number of nitrogens with zero attached hydrogens (tertiary/aromatic N) is 2. The van der Waals surface area contributed by atoms with E-state index in [1.165, 1.54) is 19.1 Å². The molecule has 1 N–H and O–H groups in total. The maximum Gasteiger partial charge on any atom is 0.216 e. The molecule has 2 aromatic heterocycles. The Morgan fingerprint density at radius 2 is 2.09 bits per heavy atom. The van der Waals surface area contributed by atoms with Crippen LogP contribution in [-0.2, 0) is 4.79 Å². The van der Waals surface area contributed by atoms with Crippen LogP contribution in [0.15, 0.2) is 41.7 Å². The summed E-state index contributed by atoms with van der Waals surface area (Å²) in [6.45, 7) is 2.10. The van der Waals surface area contributed by atoms with E-state index in [1.807, 2.05) is 6.07 Å². The minimum atomic E-state index is -0.246. The molecule has 23 heavy (non-hydrogen) atoms. The summed E-state index contributed by atoms with van der Waals surface area (Å²) in [7, 11) is 0. The lowest BCUT2D eigenvalue weighted by Gasteiger charge is -2.02. The van der Waals surface area contributed by atoms with Crippen LogP contribution in [0.5, 0.6) is 0 Å². The lowest BCUT2D eigenvalue weighted by atomic mass is 10.2. The van der Waals surface area contributed by atoms with Crippen LogP contribution < -0.4 is 5.32 Å². The first kappa shape index (κ1) is 15.9. The van der Waals surface area contributed by atoms with E-state index in [9.17, 15) is 9.18 Å². The molecule has 1 amide bonds. The Morgan fingerprint density at radius 1 is 1.30 bits per heavy atom. The SMILES string of the molecule is CC(=O)NCCSc1ncnc2cc(-c3ccc(F)cc3)sc12. The zero-order valence-electron chi connectivity index (χ0n) is 12.4. The number of carbonyl (C=O) groups is 1. The van der Waals surface area contributed by atoms with Crippen LogP contribution in [0, 0.1) is 5.82 Å². The highest BCUT2D eigenvalue weighted by Gasteiger charge is 2.10. The first-order chi connectivity index (χ1) is 11.1. The van der Waals surface area contributed by atoms with Gasteiger partial charge < -0.3 is 5.32 Å². The van der Waals surface area contributed by atoms with Gasteiger partial charge in [-0.15, -0.1) is 23.1 Å². The first-order valence-electron chi connectivity index (χ1n) is 7.01. The maximum atomic E-state index is 13.0. The van der Waals surface area contributed by atoms with Crippen molar-refractivity contribution >= 4 is 39.2 Å². The Hall–Kier alpha value is -1.99. The summed E-state index contributed by atoms with van der Waals surface area (Å²) in [5, 5.41) is 3.67. The molecular weight excluding hydrogens is 333 g/mol. The number of thiophene rings is 1. The highest BCUT2D eigenvalue weighted by atomic mass is 32.2. The van der Waals surface area contributed by atoms with Gasteiger partial charge in [-0.3, -0.25) is 4.79 Å². The Balaban J connectivity index is 1.83. The van der Waals surface area contributed by atoms with Crippen LogP contribution in [0.25, 0.3) is 20.7 Å². The number of halogens is 1. The molecule has 3 aromatic rings. The number of aromatic nitrogens is 2. The van der Waals surface area contributed by atoms with E-state index in [0.29, 0.717) is 6.54 Å². The van der Waals surface area contributed by atoms with E-state index in [4.69, 9.17) is 0 Å². The van der Waals surface area contributed by atoms with Gasteiger partial charge in [0.2, 0.25) is 5.91 Å². The molecule has 4 nitrogen and oxygen atoms in total. The third-order valence-corrected chi connectivity index (χ3v) is 5.42. The molecule has 1 aromatic carbocycles. The summed E-state index contributed by atoms with van der Waals surface area (Å²) in [4.78, 5) is 20.6. The second-order valence-electron chi connectivity index (χ2n) is 4.84. The van der Waals surface area contributed by atoms with E-state index in [0.717, 1.165) is 31.4 Å². The van der Waals surface area contributed by atoms with Gasteiger partial charge in [0.25, 0.3) is 0 Å². The minimum absolute atomic E-state index is 0.0341. The van der Waals surface area contributed by atoms with Gasteiger partial charge in [-0.25, -0.2) is 14.4 Å². The van der Waals surface area contributed by atoms with Crippen molar-refractivity contribution in [2.75, 3.05) is 12.3 Å². The number of rotatable bonds is 5. The summed E-state index contributed by atoms with van der Waals surface area (Å²) in [5.74, 6) is 0.465. The van der Waals surface area contributed by atoms with Crippen molar-refractivity contribution in [3.63, 3.8) is 0 Å². The van der Waals surface area contributed by atoms with E-state index in [1.54, 1.807) is 41.6 Å². The second kappa shape index (κ2) is 7.06. The molecule has 0 aliphatic carbocycles. The monoisotopic (exact) mass is 347 g/mol. The summed E-state index contributed by atoms with van der Waals surface area (Å²) in [6, 6.07) is 8.42. The minimum Gasteiger partial charge on any atom is -0.356 e. The maximum absolute atomic E-state index is 13.0. The van der Waals surface area contributed by atoms with Gasteiger partial charge in [-0.05, 0) is 23.8 Å². The Bertz CT molecular complexity index is 833. The predicted octanol–water partition coefficient (Wildman–Crippen LogP) is 3.73. The Labute approximate surface area is 141 Å². The fraction of sp³-hybridized carbons (Fsp3) is 0.188. The molecular formula is C16H14FN3OS2. The van der Waals surface area contributed by atoms with Crippen molar-refractivity contribution in [2.45, 2.75) is 11.9 Å². The molecule has 0 saturated heterocycles. The number of hydrogen-bond donors (Lipinski definition) is 1. The number of fused-ring (bicyclic) bond motifs is 1. The van der Waals surface area contributed by atoms with E-state index in [-0.39, 0.29) is 11.7 Å². The number of carbonyl (C=O) groups excluding carboxylic acids is 1. The van der Waals surface area contributed by atoms with Gasteiger partial charge in [0.1, 0.15) is 17.2 Å². The van der Waals surface area contributed by atoms with Crippen molar-refractivity contribution in [3.05, 3.63) is 42.5 Å². The third-order valence-electron chi connectivity index (χ3n) is 3.12. The fourth-order valence-electron chi connectivity index (χ4n) is 2.07. The number of benzene rings is 1. The Morgan fingerprint density at radius 3 is 2.83 bits per heavy atom. The van der Waals surface area contributed by atoms with Gasteiger partial charge in [0.15, 0.2) is 0 Å². The van der Waals surface area contributed by atoms with Crippen molar-refractivity contribution in [1.29, 1.82) is 0 Å². The van der Waals surface area contributed by atoms with Crippen LogP contribution >= 0.6 is 23.1 Å². The zero-order valence-corrected chi connectivity index (χ0v) is 14.0. The van der Waals surface area contributed by atoms with Crippen LogP contribution in [0.1, 0.15) is 6.92 Å². The topological polar surface area (TPSA) is 54.9 Å². The molecule has 118 valence electrons. The smallest absolute Gasteiger partial charge is 0.216 e. The molecule has 0 fully saturated rings. The molecule has 0 bridgehead atoms. The van der Waals surface area contributed by atoms with E-state index >= 15 is 0 Å². The van der Waals surface area contributed by atoms with Crippen molar-refractivity contribution in [2.24, 2.45) is 0 Å². The quantitative estimate of drug-likeness (QED) is 0.434. The predicted molar refractivity (Wildman–Crippen MR) is 92.2 cm³/mol. The average molecular weight is 347 g/mol. The molecule has 0 aliphatic heterocycles. The van der Waals surface area contributed by atoms with Crippen molar-refractivity contribution in [1.82, 2.24) is 15.3 Å². The molecule has 0 aliphatic rings. The average Bonchev–Trinajstić information content (AvgIpc) is 2.97. The van der Waals surface area contributed by atoms with Gasteiger partial charge in [-0.1, -0.05) is 12.1 Å². The summed E-state index contributed by atoms with van der Waals surface area (Å²) in [5.41, 5.74) is 1.84. The third kappa shape index (κ3) is 3.86. The zero-order chi connectivity index (χ0) is 16.2. The normalized spacial score (nSPS) is 10.9. The molecule has 7 heteroatoms. The van der Waals surface area contributed by atoms with Gasteiger partial charge >= 0.3 is 0 Å². The molecule has 0 atom stereocenters. The molecule has 0 saturated carbocycles. The summed E-state index contributed by atoms with van der Waals surface area (Å²) >= 11 is 3.18. The number of thioether (sulfide) groups is 1. The van der Waals surface area contributed by atoms with Crippen LogP contribution in [-0.4, -0.2) is 28.2 Å². The van der Waals surface area contributed by atoms with Crippen molar-refractivity contribution in [3.8, 4) is 10.4 Å². The largest absolute Gasteiger partial charge is 0.356 e.